The fourth-order valence-corrected chi connectivity index (χ4v) is 9.98. The van der Waals surface area contributed by atoms with Gasteiger partial charge in [-0.25, -0.2) is 4.79 Å². The molecule has 2 saturated heterocycles. The van der Waals surface area contributed by atoms with E-state index in [1.165, 1.54) is 51.8 Å². The summed E-state index contributed by atoms with van der Waals surface area (Å²) in [5, 5.41) is 20.2. The van der Waals surface area contributed by atoms with Crippen LogP contribution in [0.2, 0.25) is 0 Å². The van der Waals surface area contributed by atoms with E-state index in [1.807, 2.05) is 71.0 Å². The molecule has 0 radical (unpaired) electrons. The van der Waals surface area contributed by atoms with Crippen molar-refractivity contribution in [2.75, 3.05) is 47.8 Å². The van der Waals surface area contributed by atoms with Crippen LogP contribution in [-0.2, 0) is 60.7 Å². The Labute approximate surface area is 450 Å². The third-order valence-corrected chi connectivity index (χ3v) is 15.0. The van der Waals surface area contributed by atoms with E-state index in [4.69, 9.17) is 4.74 Å². The van der Waals surface area contributed by atoms with Crippen molar-refractivity contribution in [3.63, 3.8) is 0 Å². The third kappa shape index (κ3) is 16.3. The lowest BCUT2D eigenvalue weighted by Gasteiger charge is -2.39. The maximum absolute atomic E-state index is 14.9. The molecule has 2 heterocycles. The van der Waals surface area contributed by atoms with Crippen LogP contribution >= 0.6 is 0 Å². The van der Waals surface area contributed by atoms with Gasteiger partial charge in [-0.15, -0.1) is 0 Å². The van der Waals surface area contributed by atoms with Gasteiger partial charge >= 0.3 is 5.97 Å². The average Bonchev–Trinajstić information content (AvgIpc) is 3.88. The van der Waals surface area contributed by atoms with Gasteiger partial charge in [0.1, 0.15) is 30.2 Å². The van der Waals surface area contributed by atoms with Gasteiger partial charge in [-0.2, -0.15) is 0 Å². The van der Waals surface area contributed by atoms with Gasteiger partial charge in [-0.05, 0) is 62.5 Å². The number of nitrogens with zero attached hydrogens (tertiary/aromatic N) is 5. The van der Waals surface area contributed by atoms with E-state index in [0.29, 0.717) is 24.8 Å². The number of carbonyl (C=O) groups is 9. The summed E-state index contributed by atoms with van der Waals surface area (Å²) in [4.78, 5) is 137. The normalized spacial score (nSPS) is 25.9. The molecule has 2 fully saturated rings. The molecule has 2 bridgehead atoms. The lowest BCUT2D eigenvalue weighted by atomic mass is 9.94. The lowest BCUT2D eigenvalue weighted by molar-refractivity contribution is -0.176. The topological polar surface area (TPSA) is 235 Å². The highest BCUT2D eigenvalue weighted by Gasteiger charge is 2.46. The van der Waals surface area contributed by atoms with E-state index in [1.54, 1.807) is 43.0 Å². The molecule has 76 heavy (non-hydrogen) atoms. The maximum atomic E-state index is 14.9. The molecule has 0 aliphatic carbocycles. The summed E-state index contributed by atoms with van der Waals surface area (Å²) >= 11 is 0. The Bertz CT molecular complexity index is 2330. The van der Waals surface area contributed by atoms with Gasteiger partial charge in [-0.3, -0.25) is 38.4 Å². The highest BCUT2D eigenvalue weighted by molar-refractivity contribution is 5.97. The van der Waals surface area contributed by atoms with Crippen LogP contribution in [0.25, 0.3) is 0 Å². The molecule has 2 aliphatic rings. The number of rotatable bonds is 13. The van der Waals surface area contributed by atoms with Gasteiger partial charge in [0.05, 0.1) is 18.1 Å². The molecular formula is C57H86N8O11. The number of hydrogen-bond donors (Lipinski definition) is 4. The van der Waals surface area contributed by atoms with Crippen LogP contribution in [0.4, 0.5) is 0 Å². The molecule has 19 heteroatoms. The maximum Gasteiger partial charge on any atom is 0.332 e. The average molecular weight is 1060 g/mol. The minimum Gasteiger partial charge on any atom is -0.450 e. The van der Waals surface area contributed by atoms with Crippen LogP contribution in [0.15, 0.2) is 60.7 Å². The first-order chi connectivity index (χ1) is 35.7. The van der Waals surface area contributed by atoms with E-state index in [0.717, 1.165) is 15.4 Å². The molecule has 4 N–H and O–H groups in total. The van der Waals surface area contributed by atoms with Crippen molar-refractivity contribution in [1.82, 2.24) is 40.4 Å². The summed E-state index contributed by atoms with van der Waals surface area (Å²) in [5.41, 5.74) is -0.487. The highest BCUT2D eigenvalue weighted by Crippen LogP contribution is 2.26. The van der Waals surface area contributed by atoms with Crippen molar-refractivity contribution < 1.29 is 53.0 Å². The number of cyclic esters (lactones) is 1. The van der Waals surface area contributed by atoms with E-state index < -0.39 is 120 Å². The number of carbonyl (C=O) groups excluding carboxylic acids is 9. The molecule has 0 spiro atoms. The summed E-state index contributed by atoms with van der Waals surface area (Å²) in [6.07, 6.45) is 0.507. The minimum absolute atomic E-state index is 0.00163. The van der Waals surface area contributed by atoms with Gasteiger partial charge in [0.2, 0.25) is 41.4 Å². The molecule has 2 aliphatic heterocycles. The Morgan fingerprint density at radius 3 is 1.74 bits per heavy atom. The Hall–Kier alpha value is -6.37. The highest BCUT2D eigenvalue weighted by atomic mass is 16.6. The molecular weight excluding hydrogens is 973 g/mol. The summed E-state index contributed by atoms with van der Waals surface area (Å²) in [5.74, 6) is -7.86. The molecule has 2 aromatic rings. The molecule has 8 unspecified atom stereocenters. The number of aliphatic hydroxyl groups is 1. The first-order valence-electron chi connectivity index (χ1n) is 27.0. The predicted octanol–water partition coefficient (Wildman–Crippen LogP) is 3.35. The molecule has 2 aromatic carbocycles. The molecule has 8 amide bonds. The van der Waals surface area contributed by atoms with Gasteiger partial charge in [0.25, 0.3) is 5.91 Å². The van der Waals surface area contributed by atoms with Crippen molar-refractivity contribution >= 4 is 53.2 Å². The fourth-order valence-electron chi connectivity index (χ4n) is 9.98. The monoisotopic (exact) mass is 1060 g/mol. The summed E-state index contributed by atoms with van der Waals surface area (Å²) in [6, 6.07) is 10.8. The number of esters is 1. The number of benzene rings is 2. The van der Waals surface area contributed by atoms with Crippen molar-refractivity contribution in [3.05, 3.63) is 71.8 Å². The Balaban J connectivity index is 1.86. The fraction of sp³-hybridized carbons (Fsp3) is 0.632. The van der Waals surface area contributed by atoms with E-state index in [2.05, 4.69) is 16.0 Å². The van der Waals surface area contributed by atoms with Crippen LogP contribution < -0.4 is 16.0 Å². The van der Waals surface area contributed by atoms with E-state index in [9.17, 15) is 48.3 Å². The SMILES string of the molecule is CCC[C@H]1C(=O)NC(CC(C)C)C(=O)N(C)C(C(C)(C)O)C(=O)OC([C@H](C)CC)C(=O)N(C)CC(=O)NC(Cc2ccccc2)C(=O)N(C)C(Cc2ccccc2)C(=O)N2CCC(C2)C(=O)NC(C(C)CC)C(=O)N1C. The lowest BCUT2D eigenvalue weighted by Crippen LogP contribution is -2.62. The zero-order valence-corrected chi connectivity index (χ0v) is 47.2. The van der Waals surface area contributed by atoms with Crippen molar-refractivity contribution in [3.8, 4) is 0 Å². The second-order valence-corrected chi connectivity index (χ2v) is 22.0. The number of amides is 8. The third-order valence-electron chi connectivity index (χ3n) is 15.0. The van der Waals surface area contributed by atoms with Gasteiger partial charge in [-0.1, -0.05) is 122 Å². The number of nitrogens with one attached hydrogen (secondary N) is 3. The van der Waals surface area contributed by atoms with Crippen LogP contribution in [0.3, 0.4) is 0 Å². The molecule has 4 rings (SSSR count). The second kappa shape index (κ2) is 28.1. The molecule has 420 valence electrons. The predicted molar refractivity (Wildman–Crippen MR) is 288 cm³/mol. The van der Waals surface area contributed by atoms with Gasteiger partial charge < -0.3 is 50.3 Å². The van der Waals surface area contributed by atoms with Gasteiger partial charge in [0, 0.05) is 60.0 Å². The summed E-state index contributed by atoms with van der Waals surface area (Å²) < 4.78 is 5.97. The Morgan fingerprint density at radius 1 is 0.645 bits per heavy atom. The quantitative estimate of drug-likeness (QED) is 0.213. The van der Waals surface area contributed by atoms with Crippen LogP contribution in [-0.4, -0.2) is 179 Å². The van der Waals surface area contributed by atoms with Crippen molar-refractivity contribution in [2.45, 2.75) is 162 Å². The Kier molecular flexibility index (Phi) is 23.0. The zero-order valence-electron chi connectivity index (χ0n) is 47.2. The molecule has 0 aromatic heterocycles. The smallest absolute Gasteiger partial charge is 0.332 e. The zero-order chi connectivity index (χ0) is 56.8. The van der Waals surface area contributed by atoms with Crippen LogP contribution in [0.5, 0.6) is 0 Å². The van der Waals surface area contributed by atoms with Crippen molar-refractivity contribution in [1.29, 1.82) is 0 Å². The molecule has 19 nitrogen and oxygen atoms in total. The van der Waals surface area contributed by atoms with Crippen LogP contribution in [0, 0.1) is 23.7 Å². The number of fused-ring (bicyclic) bond motifs is 2. The number of likely N-dealkylation sites (N-methyl/N-ethyl adjacent to an activating group) is 4. The standard InChI is InChI=1S/C57H86N8O11/c1-14-23-43-50(68)59-41(30-35(4)5)52(70)64(13)48(57(8,9)75)56(74)76-47(37(7)16-3)55(73)61(10)34-45(66)58-42(31-38-24-19-17-20-25-38)51(69)63(12)44(32-39-26-21-18-22-27-39)53(71)65-29-28-40(33-65)49(67)60-46(36(6)15-2)54(72)62(43)11/h17-22,24-27,35-37,40-44,46-48,75H,14-16,23,28-34H2,1-13H3,(H,58,66)(H,59,68)(H,60,67)/t36?,37-,40?,41?,42?,43+,44?,46?,47?,48?/m1/s1. The minimum atomic E-state index is -1.95. The second-order valence-electron chi connectivity index (χ2n) is 22.0. The summed E-state index contributed by atoms with van der Waals surface area (Å²) in [7, 11) is 5.64. The number of ether oxygens (including phenoxy) is 1. The van der Waals surface area contributed by atoms with Crippen molar-refractivity contribution in [2.24, 2.45) is 23.7 Å². The van der Waals surface area contributed by atoms with Crippen LogP contribution in [0.1, 0.15) is 112 Å². The van der Waals surface area contributed by atoms with E-state index >= 15 is 0 Å². The molecule has 10 atom stereocenters. The first kappa shape index (κ1) is 62.2. The largest absolute Gasteiger partial charge is 0.450 e. The van der Waals surface area contributed by atoms with Gasteiger partial charge in [0.15, 0.2) is 12.1 Å². The first-order valence-corrected chi connectivity index (χ1v) is 27.0. The van der Waals surface area contributed by atoms with E-state index in [-0.39, 0.29) is 57.0 Å². The molecule has 0 saturated carbocycles. The summed E-state index contributed by atoms with van der Waals surface area (Å²) in [6.45, 7) is 15.0. The Morgan fingerprint density at radius 2 is 1.20 bits per heavy atom. The number of hydrogen-bond acceptors (Lipinski definition) is 11.